The van der Waals surface area contributed by atoms with Crippen molar-refractivity contribution in [1.82, 2.24) is 4.90 Å². The third-order valence-corrected chi connectivity index (χ3v) is 3.51. The van der Waals surface area contributed by atoms with E-state index < -0.39 is 17.4 Å². The Morgan fingerprint density at radius 2 is 2.00 bits per heavy atom. The minimum Gasteiger partial charge on any atom is -0.480 e. The molecule has 1 saturated heterocycles. The molecule has 0 unspecified atom stereocenters. The zero-order chi connectivity index (χ0) is 12.3. The Morgan fingerprint density at radius 1 is 1.38 bits per heavy atom. The summed E-state index contributed by atoms with van der Waals surface area (Å²) in [4.78, 5) is 24.9. The number of carboxylic acids is 1. The molecule has 0 aromatic carbocycles. The molecule has 1 atom stereocenters. The lowest BCUT2D eigenvalue weighted by Gasteiger charge is -2.38. The molecule has 1 aliphatic rings. The summed E-state index contributed by atoms with van der Waals surface area (Å²) in [6.07, 6.45) is 3.12. The number of amides is 1. The first-order valence-corrected chi connectivity index (χ1v) is 5.94. The van der Waals surface area contributed by atoms with E-state index in [4.69, 9.17) is 5.11 Å². The first kappa shape index (κ1) is 13.0. The van der Waals surface area contributed by atoms with Gasteiger partial charge in [0.25, 0.3) is 0 Å². The minimum atomic E-state index is -0.875. The predicted molar refractivity (Wildman–Crippen MR) is 61.1 cm³/mol. The Balaban J connectivity index is 2.83. The highest BCUT2D eigenvalue weighted by molar-refractivity contribution is 5.87. The quantitative estimate of drug-likeness (QED) is 0.801. The molecule has 1 aliphatic heterocycles. The Morgan fingerprint density at radius 3 is 2.50 bits per heavy atom. The highest BCUT2D eigenvalue weighted by atomic mass is 16.4. The fourth-order valence-electron chi connectivity index (χ4n) is 1.97. The molecule has 4 heteroatoms. The molecule has 0 aromatic rings. The molecule has 0 radical (unpaired) electrons. The maximum atomic E-state index is 12.2. The smallest absolute Gasteiger partial charge is 0.326 e. The molecule has 0 aliphatic carbocycles. The van der Waals surface area contributed by atoms with Crippen LogP contribution in [0.15, 0.2) is 0 Å². The number of carboxylic acid groups (broad SMARTS) is 1. The van der Waals surface area contributed by atoms with Crippen LogP contribution >= 0.6 is 0 Å². The van der Waals surface area contributed by atoms with Gasteiger partial charge in [-0.2, -0.15) is 0 Å². The van der Waals surface area contributed by atoms with Gasteiger partial charge in [-0.3, -0.25) is 4.79 Å². The van der Waals surface area contributed by atoms with Crippen molar-refractivity contribution in [2.24, 2.45) is 5.41 Å². The number of hydrogen-bond acceptors (Lipinski definition) is 2. The second-order valence-corrected chi connectivity index (χ2v) is 5.09. The van der Waals surface area contributed by atoms with Crippen LogP contribution in [0.5, 0.6) is 0 Å². The standard InChI is InChI=1S/C12H21NO3/c1-4-12(2,3)11(16)13-8-6-5-7-9(13)10(14)15/h9H,4-8H2,1-3H3,(H,14,15)/t9-/m0/s1. The molecule has 16 heavy (non-hydrogen) atoms. The van der Waals surface area contributed by atoms with Crippen molar-refractivity contribution < 1.29 is 14.7 Å². The molecule has 0 bridgehead atoms. The van der Waals surface area contributed by atoms with Crippen LogP contribution in [-0.4, -0.2) is 34.5 Å². The number of rotatable bonds is 3. The number of piperidine rings is 1. The maximum absolute atomic E-state index is 12.2. The van der Waals surface area contributed by atoms with Crippen LogP contribution in [0.2, 0.25) is 0 Å². The number of nitrogens with zero attached hydrogens (tertiary/aromatic N) is 1. The van der Waals surface area contributed by atoms with Crippen LogP contribution in [0.4, 0.5) is 0 Å². The summed E-state index contributed by atoms with van der Waals surface area (Å²) in [7, 11) is 0. The second-order valence-electron chi connectivity index (χ2n) is 5.09. The van der Waals surface area contributed by atoms with Gasteiger partial charge in [0.2, 0.25) is 5.91 Å². The van der Waals surface area contributed by atoms with E-state index >= 15 is 0 Å². The van der Waals surface area contributed by atoms with Crippen LogP contribution in [-0.2, 0) is 9.59 Å². The number of aliphatic carboxylic acids is 1. The Hall–Kier alpha value is -1.06. The van der Waals surface area contributed by atoms with Gasteiger partial charge in [-0.25, -0.2) is 4.79 Å². The van der Waals surface area contributed by atoms with Gasteiger partial charge in [0.15, 0.2) is 0 Å². The highest BCUT2D eigenvalue weighted by Crippen LogP contribution is 2.27. The fraction of sp³-hybridized carbons (Fsp3) is 0.833. The topological polar surface area (TPSA) is 57.6 Å². The fourth-order valence-corrected chi connectivity index (χ4v) is 1.97. The molecule has 1 N–H and O–H groups in total. The summed E-state index contributed by atoms with van der Waals surface area (Å²) >= 11 is 0. The van der Waals surface area contributed by atoms with Crippen LogP contribution in [0, 0.1) is 5.41 Å². The van der Waals surface area contributed by atoms with Crippen molar-refractivity contribution in [1.29, 1.82) is 0 Å². The number of carbonyl (C=O) groups is 2. The van der Waals surface area contributed by atoms with Gasteiger partial charge < -0.3 is 10.0 Å². The van der Waals surface area contributed by atoms with E-state index in [9.17, 15) is 9.59 Å². The van der Waals surface area contributed by atoms with Gasteiger partial charge in [0.1, 0.15) is 6.04 Å². The molecular weight excluding hydrogens is 206 g/mol. The van der Waals surface area contributed by atoms with E-state index in [1.165, 1.54) is 0 Å². The van der Waals surface area contributed by atoms with E-state index in [1.807, 2.05) is 20.8 Å². The number of hydrogen-bond donors (Lipinski definition) is 1. The van der Waals surface area contributed by atoms with Crippen molar-refractivity contribution in [3.05, 3.63) is 0 Å². The Kier molecular flexibility index (Phi) is 3.94. The minimum absolute atomic E-state index is 0.0258. The van der Waals surface area contributed by atoms with Crippen molar-refractivity contribution in [3.63, 3.8) is 0 Å². The van der Waals surface area contributed by atoms with E-state index in [1.54, 1.807) is 4.90 Å². The van der Waals surface area contributed by atoms with Crippen molar-refractivity contribution in [3.8, 4) is 0 Å². The van der Waals surface area contributed by atoms with Crippen LogP contribution < -0.4 is 0 Å². The number of carbonyl (C=O) groups excluding carboxylic acids is 1. The maximum Gasteiger partial charge on any atom is 0.326 e. The average molecular weight is 227 g/mol. The van der Waals surface area contributed by atoms with E-state index in [0.29, 0.717) is 13.0 Å². The molecular formula is C12H21NO3. The zero-order valence-electron chi connectivity index (χ0n) is 10.3. The summed E-state index contributed by atoms with van der Waals surface area (Å²) in [6.45, 7) is 6.29. The average Bonchev–Trinajstić information content (AvgIpc) is 2.28. The largest absolute Gasteiger partial charge is 0.480 e. The monoisotopic (exact) mass is 227 g/mol. The lowest BCUT2D eigenvalue weighted by Crippen LogP contribution is -2.52. The third kappa shape index (κ3) is 2.54. The molecule has 4 nitrogen and oxygen atoms in total. The second kappa shape index (κ2) is 4.85. The van der Waals surface area contributed by atoms with Gasteiger partial charge in [-0.05, 0) is 25.7 Å². The first-order valence-electron chi connectivity index (χ1n) is 5.94. The Labute approximate surface area is 96.6 Å². The van der Waals surface area contributed by atoms with Gasteiger partial charge in [0, 0.05) is 12.0 Å². The van der Waals surface area contributed by atoms with Crippen LogP contribution in [0.3, 0.4) is 0 Å². The normalized spacial score (nSPS) is 21.9. The Bertz CT molecular complexity index is 286. The lowest BCUT2D eigenvalue weighted by atomic mass is 9.86. The summed E-state index contributed by atoms with van der Waals surface area (Å²) in [5.74, 6) is -0.901. The van der Waals surface area contributed by atoms with Crippen LogP contribution in [0.1, 0.15) is 46.5 Å². The molecule has 0 saturated carbocycles. The predicted octanol–water partition coefficient (Wildman–Crippen LogP) is 1.89. The molecule has 0 spiro atoms. The molecule has 92 valence electrons. The van der Waals surface area contributed by atoms with Gasteiger partial charge in [-0.1, -0.05) is 20.8 Å². The lowest BCUT2D eigenvalue weighted by molar-refractivity contribution is -0.156. The summed E-state index contributed by atoms with van der Waals surface area (Å²) in [5, 5.41) is 9.10. The van der Waals surface area contributed by atoms with E-state index in [0.717, 1.165) is 19.3 Å². The molecule has 1 rings (SSSR count). The molecule has 1 amide bonds. The first-order chi connectivity index (χ1) is 7.40. The van der Waals surface area contributed by atoms with Gasteiger partial charge in [-0.15, -0.1) is 0 Å². The molecule has 1 heterocycles. The molecule has 1 fully saturated rings. The summed E-state index contributed by atoms with van der Waals surface area (Å²) in [5.41, 5.74) is -0.453. The van der Waals surface area contributed by atoms with Crippen molar-refractivity contribution in [2.45, 2.75) is 52.5 Å². The van der Waals surface area contributed by atoms with Gasteiger partial charge in [0.05, 0.1) is 0 Å². The van der Waals surface area contributed by atoms with E-state index in [-0.39, 0.29) is 5.91 Å². The van der Waals surface area contributed by atoms with Crippen molar-refractivity contribution >= 4 is 11.9 Å². The zero-order valence-corrected chi connectivity index (χ0v) is 10.3. The SMILES string of the molecule is CCC(C)(C)C(=O)N1CCCC[C@H]1C(=O)O. The van der Waals surface area contributed by atoms with E-state index in [2.05, 4.69) is 0 Å². The van der Waals surface area contributed by atoms with Gasteiger partial charge >= 0.3 is 5.97 Å². The van der Waals surface area contributed by atoms with Crippen LogP contribution in [0.25, 0.3) is 0 Å². The molecule has 0 aromatic heterocycles. The number of likely N-dealkylation sites (tertiary alicyclic amines) is 1. The van der Waals surface area contributed by atoms with Crippen molar-refractivity contribution in [2.75, 3.05) is 6.54 Å². The summed E-state index contributed by atoms with van der Waals surface area (Å²) in [6, 6.07) is -0.618. The third-order valence-electron chi connectivity index (χ3n) is 3.51. The summed E-state index contributed by atoms with van der Waals surface area (Å²) < 4.78 is 0. The highest BCUT2D eigenvalue weighted by Gasteiger charge is 2.38.